The molecule has 2 heterocycles. The van der Waals surface area contributed by atoms with Crippen molar-refractivity contribution in [3.8, 4) is 0 Å². The fraction of sp³-hybridized carbons (Fsp3) is 0.800. The summed E-state index contributed by atoms with van der Waals surface area (Å²) in [5.74, 6) is 0. The van der Waals surface area contributed by atoms with Gasteiger partial charge in [0.2, 0.25) is 0 Å². The molecule has 1 N–H and O–H groups in total. The molecule has 0 atom stereocenters. The van der Waals surface area contributed by atoms with Gasteiger partial charge in [0, 0.05) is 31.5 Å². The van der Waals surface area contributed by atoms with Crippen LogP contribution in [0.2, 0.25) is 0 Å². The van der Waals surface area contributed by atoms with Crippen molar-refractivity contribution in [2.75, 3.05) is 33.8 Å². The number of methoxy groups -OCH3 is 1. The van der Waals surface area contributed by atoms with Gasteiger partial charge >= 0.3 is 0 Å². The topological polar surface area (TPSA) is 37.4 Å². The zero-order chi connectivity index (χ0) is 14.2. The van der Waals surface area contributed by atoms with E-state index in [9.17, 15) is 0 Å². The van der Waals surface area contributed by atoms with Gasteiger partial charge in [-0.05, 0) is 33.0 Å². The molecule has 0 unspecified atom stereocenters. The zero-order valence-corrected chi connectivity index (χ0v) is 13.6. The van der Waals surface area contributed by atoms with E-state index in [0.29, 0.717) is 6.61 Å². The first kappa shape index (κ1) is 15.9. The summed E-state index contributed by atoms with van der Waals surface area (Å²) >= 11 is 1.84. The van der Waals surface area contributed by atoms with Crippen LogP contribution in [0.3, 0.4) is 0 Å². The van der Waals surface area contributed by atoms with E-state index in [-0.39, 0.29) is 0 Å². The van der Waals surface area contributed by atoms with Gasteiger partial charge in [0.1, 0.15) is 0 Å². The van der Waals surface area contributed by atoms with Gasteiger partial charge in [0.25, 0.3) is 0 Å². The number of hydrogen-bond acceptors (Lipinski definition) is 5. The lowest BCUT2D eigenvalue weighted by Crippen LogP contribution is -2.26. The molecule has 0 bridgehead atoms. The van der Waals surface area contributed by atoms with Crippen LogP contribution >= 0.6 is 11.3 Å². The van der Waals surface area contributed by atoms with E-state index in [1.807, 2.05) is 18.4 Å². The van der Waals surface area contributed by atoms with E-state index in [1.54, 1.807) is 7.11 Å². The molecule has 1 aromatic heterocycles. The standard InChI is InChI=1S/C15H27N3OS/c1-16-11-14-13(12-19-2)17-15(20-14)7-10-18-8-5-3-4-6-9-18/h16H,3-12H2,1-2H3. The molecule has 5 heteroatoms. The van der Waals surface area contributed by atoms with Crippen molar-refractivity contribution in [3.63, 3.8) is 0 Å². The molecule has 1 aromatic rings. The number of nitrogens with zero attached hydrogens (tertiary/aromatic N) is 2. The molecule has 1 saturated heterocycles. The molecule has 114 valence electrons. The molecular formula is C15H27N3OS. The number of rotatable bonds is 7. The number of aromatic nitrogens is 1. The minimum Gasteiger partial charge on any atom is -0.378 e. The van der Waals surface area contributed by atoms with E-state index in [2.05, 4.69) is 10.2 Å². The van der Waals surface area contributed by atoms with Crippen LogP contribution in [0.15, 0.2) is 0 Å². The second kappa shape index (κ2) is 8.72. The van der Waals surface area contributed by atoms with Crippen LogP contribution in [-0.4, -0.2) is 43.7 Å². The Hall–Kier alpha value is -0.490. The predicted molar refractivity (Wildman–Crippen MR) is 84.2 cm³/mol. The maximum atomic E-state index is 5.25. The molecule has 0 spiro atoms. The highest BCUT2D eigenvalue weighted by Gasteiger charge is 2.13. The Bertz CT molecular complexity index is 363. The summed E-state index contributed by atoms with van der Waals surface area (Å²) in [4.78, 5) is 8.67. The molecule has 0 aromatic carbocycles. The minimum atomic E-state index is 0.622. The van der Waals surface area contributed by atoms with Gasteiger partial charge in [0.15, 0.2) is 0 Å². The van der Waals surface area contributed by atoms with Crippen LogP contribution < -0.4 is 5.32 Å². The molecule has 0 aliphatic carbocycles. The fourth-order valence-electron chi connectivity index (χ4n) is 2.71. The van der Waals surface area contributed by atoms with Gasteiger partial charge in [-0.15, -0.1) is 11.3 Å². The Morgan fingerprint density at radius 1 is 1.25 bits per heavy atom. The van der Waals surface area contributed by atoms with Gasteiger partial charge in [-0.1, -0.05) is 12.8 Å². The number of likely N-dealkylation sites (tertiary alicyclic amines) is 1. The van der Waals surface area contributed by atoms with Crippen molar-refractivity contribution >= 4 is 11.3 Å². The molecule has 2 rings (SSSR count). The zero-order valence-electron chi connectivity index (χ0n) is 12.8. The van der Waals surface area contributed by atoms with Gasteiger partial charge < -0.3 is 15.0 Å². The molecule has 20 heavy (non-hydrogen) atoms. The van der Waals surface area contributed by atoms with Crippen LogP contribution in [0.25, 0.3) is 0 Å². The highest BCUT2D eigenvalue weighted by atomic mass is 32.1. The molecule has 1 aliphatic rings. The van der Waals surface area contributed by atoms with Gasteiger partial charge in [0.05, 0.1) is 17.3 Å². The minimum absolute atomic E-state index is 0.622. The van der Waals surface area contributed by atoms with E-state index in [4.69, 9.17) is 9.72 Å². The Kier molecular flexibility index (Phi) is 6.93. The Morgan fingerprint density at radius 2 is 2.00 bits per heavy atom. The Balaban J connectivity index is 1.89. The number of hydrogen-bond donors (Lipinski definition) is 1. The van der Waals surface area contributed by atoms with Crippen LogP contribution in [0.4, 0.5) is 0 Å². The molecular weight excluding hydrogens is 270 g/mol. The molecule has 0 saturated carbocycles. The van der Waals surface area contributed by atoms with Crippen molar-refractivity contribution in [1.82, 2.24) is 15.2 Å². The maximum Gasteiger partial charge on any atom is 0.0945 e. The number of thiazole rings is 1. The molecule has 0 amide bonds. The van der Waals surface area contributed by atoms with Gasteiger partial charge in [-0.2, -0.15) is 0 Å². The van der Waals surface area contributed by atoms with Crippen LogP contribution in [0, 0.1) is 0 Å². The molecule has 0 radical (unpaired) electrons. The maximum absolute atomic E-state index is 5.25. The highest BCUT2D eigenvalue weighted by Crippen LogP contribution is 2.20. The van der Waals surface area contributed by atoms with E-state index in [1.165, 1.54) is 48.7 Å². The highest BCUT2D eigenvalue weighted by molar-refractivity contribution is 7.11. The first-order chi connectivity index (χ1) is 9.83. The monoisotopic (exact) mass is 297 g/mol. The fourth-order valence-corrected chi connectivity index (χ4v) is 3.78. The quantitative estimate of drug-likeness (QED) is 0.839. The van der Waals surface area contributed by atoms with Crippen molar-refractivity contribution in [1.29, 1.82) is 0 Å². The van der Waals surface area contributed by atoms with Crippen LogP contribution in [0.1, 0.15) is 41.3 Å². The molecule has 4 nitrogen and oxygen atoms in total. The second-order valence-corrected chi connectivity index (χ2v) is 6.61. The van der Waals surface area contributed by atoms with E-state index in [0.717, 1.165) is 25.2 Å². The van der Waals surface area contributed by atoms with Gasteiger partial charge in [-0.25, -0.2) is 4.98 Å². The Morgan fingerprint density at radius 3 is 2.65 bits per heavy atom. The summed E-state index contributed by atoms with van der Waals surface area (Å²) in [6.45, 7) is 5.19. The summed E-state index contributed by atoms with van der Waals surface area (Å²) in [5, 5.41) is 4.47. The van der Waals surface area contributed by atoms with Crippen molar-refractivity contribution in [2.24, 2.45) is 0 Å². The van der Waals surface area contributed by atoms with Gasteiger partial charge in [-0.3, -0.25) is 0 Å². The molecule has 1 fully saturated rings. The normalized spacial score (nSPS) is 17.3. The average molecular weight is 297 g/mol. The third-order valence-electron chi connectivity index (χ3n) is 3.78. The first-order valence-corrected chi connectivity index (χ1v) is 8.48. The largest absolute Gasteiger partial charge is 0.378 e. The SMILES string of the molecule is CNCc1sc(CCN2CCCCCC2)nc1COC. The summed E-state index contributed by atoms with van der Waals surface area (Å²) in [5.41, 5.74) is 1.11. The van der Waals surface area contributed by atoms with Crippen LogP contribution in [0.5, 0.6) is 0 Å². The lowest BCUT2D eigenvalue weighted by molar-refractivity contribution is 0.181. The van der Waals surface area contributed by atoms with Crippen LogP contribution in [-0.2, 0) is 24.3 Å². The summed E-state index contributed by atoms with van der Waals surface area (Å²) in [6, 6.07) is 0. The second-order valence-electron chi connectivity index (χ2n) is 5.45. The smallest absolute Gasteiger partial charge is 0.0945 e. The third-order valence-corrected chi connectivity index (χ3v) is 4.94. The van der Waals surface area contributed by atoms with E-state index < -0.39 is 0 Å². The Labute approximate surface area is 126 Å². The average Bonchev–Trinajstić information content (AvgIpc) is 2.66. The summed E-state index contributed by atoms with van der Waals surface area (Å²) in [6.07, 6.45) is 6.59. The molecule has 1 aliphatic heterocycles. The summed E-state index contributed by atoms with van der Waals surface area (Å²) in [7, 11) is 3.71. The predicted octanol–water partition coefficient (Wildman–Crippen LogP) is 2.43. The summed E-state index contributed by atoms with van der Waals surface area (Å²) < 4.78 is 5.25. The lowest BCUT2D eigenvalue weighted by atomic mass is 10.2. The lowest BCUT2D eigenvalue weighted by Gasteiger charge is -2.18. The van der Waals surface area contributed by atoms with Crippen molar-refractivity contribution < 1.29 is 4.74 Å². The third kappa shape index (κ3) is 4.81. The number of nitrogens with one attached hydrogen (secondary N) is 1. The van der Waals surface area contributed by atoms with Crippen molar-refractivity contribution in [2.45, 2.75) is 45.3 Å². The van der Waals surface area contributed by atoms with E-state index >= 15 is 0 Å². The first-order valence-electron chi connectivity index (χ1n) is 7.67. The van der Waals surface area contributed by atoms with Crippen molar-refractivity contribution in [3.05, 3.63) is 15.6 Å². The number of ether oxygens (including phenoxy) is 1.